The zero-order valence-corrected chi connectivity index (χ0v) is 12.1. The van der Waals surface area contributed by atoms with Crippen LogP contribution < -0.4 is 0 Å². The van der Waals surface area contributed by atoms with Crippen LogP contribution >= 0.6 is 0 Å². The van der Waals surface area contributed by atoms with Crippen molar-refractivity contribution in [3.63, 3.8) is 0 Å². The Morgan fingerprint density at radius 1 is 0.864 bits per heavy atom. The lowest BCUT2D eigenvalue weighted by Crippen LogP contribution is -2.06. The summed E-state index contributed by atoms with van der Waals surface area (Å²) in [7, 11) is 1.32. The predicted octanol–water partition coefficient (Wildman–Crippen LogP) is 2.32. The van der Waals surface area contributed by atoms with Gasteiger partial charge in [-0.25, -0.2) is 9.59 Å². The maximum absolute atomic E-state index is 11.9. The summed E-state index contributed by atoms with van der Waals surface area (Å²) in [4.78, 5) is 23.2. The van der Waals surface area contributed by atoms with E-state index in [0.29, 0.717) is 11.1 Å². The van der Waals surface area contributed by atoms with Crippen LogP contribution in [-0.2, 0) is 22.7 Å². The third kappa shape index (κ3) is 3.93. The van der Waals surface area contributed by atoms with Crippen molar-refractivity contribution in [1.29, 1.82) is 0 Å². The van der Waals surface area contributed by atoms with Crippen molar-refractivity contribution in [1.82, 2.24) is 0 Å². The topological polar surface area (TPSA) is 72.8 Å². The van der Waals surface area contributed by atoms with Gasteiger partial charge in [-0.2, -0.15) is 0 Å². The van der Waals surface area contributed by atoms with Crippen molar-refractivity contribution in [3.05, 3.63) is 70.8 Å². The standard InChI is InChI=1S/C17H16O5/c1-21-16(19)14-8-4-13(5-9-14)11-22-17(20)15-6-2-12(10-18)3-7-15/h2-9,18H,10-11H2,1H3. The Bertz CT molecular complexity index is 644. The van der Waals surface area contributed by atoms with Crippen molar-refractivity contribution < 1.29 is 24.2 Å². The monoisotopic (exact) mass is 300 g/mol. The number of hydrogen-bond donors (Lipinski definition) is 1. The fourth-order valence-corrected chi connectivity index (χ4v) is 1.83. The third-order valence-corrected chi connectivity index (χ3v) is 3.12. The van der Waals surface area contributed by atoms with Gasteiger partial charge in [0, 0.05) is 0 Å². The van der Waals surface area contributed by atoms with Crippen LogP contribution in [0.25, 0.3) is 0 Å². The molecule has 0 radical (unpaired) electrons. The summed E-state index contributed by atoms with van der Waals surface area (Å²) in [5.41, 5.74) is 2.36. The summed E-state index contributed by atoms with van der Waals surface area (Å²) < 4.78 is 9.81. The van der Waals surface area contributed by atoms with E-state index in [1.165, 1.54) is 7.11 Å². The minimum absolute atomic E-state index is 0.0676. The molecule has 114 valence electrons. The van der Waals surface area contributed by atoms with Crippen LogP contribution in [0.2, 0.25) is 0 Å². The fraction of sp³-hybridized carbons (Fsp3) is 0.176. The number of rotatable bonds is 5. The van der Waals surface area contributed by atoms with Gasteiger partial charge in [0.1, 0.15) is 6.61 Å². The van der Waals surface area contributed by atoms with E-state index < -0.39 is 11.9 Å². The zero-order chi connectivity index (χ0) is 15.9. The molecular weight excluding hydrogens is 284 g/mol. The smallest absolute Gasteiger partial charge is 0.338 e. The molecule has 0 amide bonds. The van der Waals surface area contributed by atoms with Gasteiger partial charge in [0.25, 0.3) is 0 Å². The van der Waals surface area contributed by atoms with E-state index in [-0.39, 0.29) is 13.2 Å². The first kappa shape index (κ1) is 15.7. The van der Waals surface area contributed by atoms with Gasteiger partial charge < -0.3 is 14.6 Å². The zero-order valence-electron chi connectivity index (χ0n) is 12.1. The van der Waals surface area contributed by atoms with Crippen molar-refractivity contribution in [2.75, 3.05) is 7.11 Å². The summed E-state index contributed by atoms with van der Waals surface area (Å²) in [5.74, 6) is -0.853. The molecule has 22 heavy (non-hydrogen) atoms. The second-order valence-electron chi connectivity index (χ2n) is 4.62. The third-order valence-electron chi connectivity index (χ3n) is 3.12. The fourth-order valence-electron chi connectivity index (χ4n) is 1.83. The van der Waals surface area contributed by atoms with E-state index in [9.17, 15) is 9.59 Å². The van der Waals surface area contributed by atoms with Gasteiger partial charge in [-0.1, -0.05) is 24.3 Å². The first-order chi connectivity index (χ1) is 10.6. The predicted molar refractivity (Wildman–Crippen MR) is 79.3 cm³/mol. The molecule has 0 atom stereocenters. The molecule has 0 aliphatic rings. The average molecular weight is 300 g/mol. The number of benzene rings is 2. The number of aliphatic hydroxyl groups is 1. The summed E-state index contributed by atoms with van der Waals surface area (Å²) in [6, 6.07) is 13.2. The van der Waals surface area contributed by atoms with E-state index in [4.69, 9.17) is 9.84 Å². The lowest BCUT2D eigenvalue weighted by molar-refractivity contribution is 0.0471. The molecule has 0 fully saturated rings. The van der Waals surface area contributed by atoms with E-state index in [1.54, 1.807) is 48.5 Å². The normalized spacial score (nSPS) is 10.1. The molecule has 2 rings (SSSR count). The molecule has 0 spiro atoms. The summed E-state index contributed by atoms with van der Waals surface area (Å²) in [5, 5.41) is 8.95. The maximum Gasteiger partial charge on any atom is 0.338 e. The quantitative estimate of drug-likeness (QED) is 0.858. The van der Waals surface area contributed by atoms with Crippen LogP contribution in [-0.4, -0.2) is 24.2 Å². The molecule has 2 aromatic rings. The van der Waals surface area contributed by atoms with Gasteiger partial charge in [0.05, 0.1) is 24.8 Å². The molecule has 0 bridgehead atoms. The van der Waals surface area contributed by atoms with Crippen LogP contribution in [0.15, 0.2) is 48.5 Å². The number of methoxy groups -OCH3 is 1. The molecule has 0 heterocycles. The Labute approximate surface area is 128 Å². The molecule has 5 heteroatoms. The van der Waals surface area contributed by atoms with E-state index in [1.807, 2.05) is 0 Å². The van der Waals surface area contributed by atoms with Crippen LogP contribution in [0.5, 0.6) is 0 Å². The highest BCUT2D eigenvalue weighted by Gasteiger charge is 2.08. The van der Waals surface area contributed by atoms with Gasteiger partial charge >= 0.3 is 11.9 Å². The Balaban J connectivity index is 1.94. The highest BCUT2D eigenvalue weighted by Crippen LogP contribution is 2.10. The number of esters is 2. The van der Waals surface area contributed by atoms with E-state index in [2.05, 4.69) is 4.74 Å². The molecule has 0 aliphatic heterocycles. The molecule has 0 aliphatic carbocycles. The Morgan fingerprint density at radius 2 is 1.36 bits per heavy atom. The lowest BCUT2D eigenvalue weighted by Gasteiger charge is -2.06. The Hall–Kier alpha value is -2.66. The van der Waals surface area contributed by atoms with E-state index in [0.717, 1.165) is 11.1 Å². The van der Waals surface area contributed by atoms with Crippen LogP contribution in [0.3, 0.4) is 0 Å². The molecular formula is C17H16O5. The van der Waals surface area contributed by atoms with Gasteiger partial charge in [-0.3, -0.25) is 0 Å². The second kappa shape index (κ2) is 7.38. The van der Waals surface area contributed by atoms with Gasteiger partial charge in [0.15, 0.2) is 0 Å². The Morgan fingerprint density at radius 3 is 1.86 bits per heavy atom. The number of hydrogen-bond acceptors (Lipinski definition) is 5. The molecule has 5 nitrogen and oxygen atoms in total. The minimum Gasteiger partial charge on any atom is -0.465 e. The molecule has 0 saturated carbocycles. The molecule has 2 aromatic carbocycles. The van der Waals surface area contributed by atoms with Crippen molar-refractivity contribution in [3.8, 4) is 0 Å². The Kier molecular flexibility index (Phi) is 5.27. The molecule has 0 unspecified atom stereocenters. The number of carbonyl (C=O) groups is 2. The minimum atomic E-state index is -0.443. The first-order valence-electron chi connectivity index (χ1n) is 6.68. The van der Waals surface area contributed by atoms with E-state index >= 15 is 0 Å². The lowest BCUT2D eigenvalue weighted by atomic mass is 10.1. The summed E-state index contributed by atoms with van der Waals surface area (Å²) in [6.45, 7) is 0.0455. The number of aliphatic hydroxyl groups excluding tert-OH is 1. The molecule has 0 saturated heterocycles. The van der Waals surface area contributed by atoms with Crippen molar-refractivity contribution >= 4 is 11.9 Å². The molecule has 1 N–H and O–H groups in total. The highest BCUT2D eigenvalue weighted by atomic mass is 16.5. The van der Waals surface area contributed by atoms with Crippen LogP contribution in [0.4, 0.5) is 0 Å². The van der Waals surface area contributed by atoms with Crippen LogP contribution in [0, 0.1) is 0 Å². The van der Waals surface area contributed by atoms with Crippen molar-refractivity contribution in [2.45, 2.75) is 13.2 Å². The molecule has 0 aromatic heterocycles. The number of ether oxygens (including phenoxy) is 2. The van der Waals surface area contributed by atoms with Gasteiger partial charge in [-0.05, 0) is 35.4 Å². The summed E-state index contributed by atoms with van der Waals surface area (Å²) >= 11 is 0. The van der Waals surface area contributed by atoms with Gasteiger partial charge in [-0.15, -0.1) is 0 Å². The maximum atomic E-state index is 11.9. The summed E-state index contributed by atoms with van der Waals surface area (Å²) in [6.07, 6.45) is 0. The SMILES string of the molecule is COC(=O)c1ccc(COC(=O)c2ccc(CO)cc2)cc1. The van der Waals surface area contributed by atoms with Crippen LogP contribution in [0.1, 0.15) is 31.8 Å². The number of carbonyl (C=O) groups excluding carboxylic acids is 2. The van der Waals surface area contributed by atoms with Crippen molar-refractivity contribution in [2.24, 2.45) is 0 Å². The average Bonchev–Trinajstić information content (AvgIpc) is 2.59. The van der Waals surface area contributed by atoms with Gasteiger partial charge in [0.2, 0.25) is 0 Å². The highest BCUT2D eigenvalue weighted by molar-refractivity contribution is 5.90. The first-order valence-corrected chi connectivity index (χ1v) is 6.68. The largest absolute Gasteiger partial charge is 0.465 e. The second-order valence-corrected chi connectivity index (χ2v) is 4.62.